The van der Waals surface area contributed by atoms with E-state index in [-0.39, 0.29) is 17.2 Å². The Morgan fingerprint density at radius 3 is 2.56 bits per heavy atom. The van der Waals surface area contributed by atoms with Crippen molar-refractivity contribution in [3.05, 3.63) is 29.8 Å². The molecule has 0 radical (unpaired) electrons. The molecule has 0 bridgehead atoms. The van der Waals surface area contributed by atoms with E-state index in [0.29, 0.717) is 32.7 Å². The average Bonchev–Trinajstić information content (AvgIpc) is 3.34. The maximum absolute atomic E-state index is 13.2. The van der Waals surface area contributed by atoms with Gasteiger partial charge in [0.15, 0.2) is 0 Å². The van der Waals surface area contributed by atoms with Gasteiger partial charge in [0, 0.05) is 26.1 Å². The smallest absolute Gasteiger partial charge is 0.226 e. The highest BCUT2D eigenvalue weighted by atomic mass is 16.5. The summed E-state index contributed by atoms with van der Waals surface area (Å²) in [5, 5.41) is 3.14. The minimum atomic E-state index is -0.341. The summed E-state index contributed by atoms with van der Waals surface area (Å²) in [5.41, 5.74) is 0.917. The van der Waals surface area contributed by atoms with Gasteiger partial charge < -0.3 is 19.9 Å². The summed E-state index contributed by atoms with van der Waals surface area (Å²) in [6.45, 7) is 5.55. The Bertz CT molecular complexity index is 767. The number of para-hydroxylation sites is 1. The second kappa shape index (κ2) is 11.2. The van der Waals surface area contributed by atoms with Gasteiger partial charge >= 0.3 is 0 Å². The fraction of sp³-hybridized carbons (Fsp3) is 0.692. The van der Waals surface area contributed by atoms with Crippen molar-refractivity contribution in [1.82, 2.24) is 15.1 Å². The molecule has 3 aliphatic heterocycles. The van der Waals surface area contributed by atoms with Gasteiger partial charge in [0.05, 0.1) is 12.0 Å². The fourth-order valence-electron chi connectivity index (χ4n) is 5.51. The minimum absolute atomic E-state index is 0.151. The molecule has 32 heavy (non-hydrogen) atoms. The number of hydrogen-bond acceptors (Lipinski definition) is 4. The third-order valence-corrected chi connectivity index (χ3v) is 7.61. The van der Waals surface area contributed by atoms with E-state index in [2.05, 4.69) is 22.3 Å². The molecular formula is C26H39N3O3. The lowest BCUT2D eigenvalue weighted by atomic mass is 9.73. The van der Waals surface area contributed by atoms with Crippen molar-refractivity contribution in [3.8, 4) is 5.75 Å². The molecule has 1 spiro atoms. The van der Waals surface area contributed by atoms with Gasteiger partial charge in [0.25, 0.3) is 0 Å². The maximum Gasteiger partial charge on any atom is 0.226 e. The van der Waals surface area contributed by atoms with E-state index in [0.717, 1.165) is 70.3 Å². The van der Waals surface area contributed by atoms with Crippen molar-refractivity contribution in [3.63, 3.8) is 0 Å². The van der Waals surface area contributed by atoms with Crippen molar-refractivity contribution in [2.45, 2.75) is 64.2 Å². The molecule has 3 aliphatic rings. The zero-order chi connectivity index (χ0) is 22.2. The van der Waals surface area contributed by atoms with Crippen LogP contribution in [-0.2, 0) is 16.0 Å². The van der Waals surface area contributed by atoms with Crippen LogP contribution in [0.1, 0.15) is 63.4 Å². The van der Waals surface area contributed by atoms with Crippen molar-refractivity contribution >= 4 is 11.8 Å². The Labute approximate surface area is 192 Å². The van der Waals surface area contributed by atoms with Crippen LogP contribution >= 0.6 is 0 Å². The first kappa shape index (κ1) is 23.1. The largest absolute Gasteiger partial charge is 0.491 e. The van der Waals surface area contributed by atoms with Gasteiger partial charge in [-0.05, 0) is 69.7 Å². The van der Waals surface area contributed by atoms with E-state index in [4.69, 9.17) is 4.74 Å². The number of carbonyl (C=O) groups is 2. The maximum atomic E-state index is 13.2. The lowest BCUT2D eigenvalue weighted by Gasteiger charge is -2.41. The molecule has 6 nitrogen and oxygen atoms in total. The summed E-state index contributed by atoms with van der Waals surface area (Å²) in [5.74, 6) is 1.34. The molecule has 2 amide bonds. The average molecular weight is 442 g/mol. The number of fused-ring (bicyclic) bond motifs is 1. The number of nitrogens with zero attached hydrogens (tertiary/aromatic N) is 2. The Morgan fingerprint density at radius 2 is 1.75 bits per heavy atom. The van der Waals surface area contributed by atoms with Gasteiger partial charge in [-0.15, -0.1) is 0 Å². The number of carbonyl (C=O) groups excluding carboxylic acids is 2. The minimum Gasteiger partial charge on any atom is -0.491 e. The predicted molar refractivity (Wildman–Crippen MR) is 126 cm³/mol. The van der Waals surface area contributed by atoms with Crippen LogP contribution in [0.15, 0.2) is 24.3 Å². The normalized spacial score (nSPS) is 22.8. The van der Waals surface area contributed by atoms with Crippen LogP contribution in [0.3, 0.4) is 0 Å². The molecule has 2 saturated heterocycles. The summed E-state index contributed by atoms with van der Waals surface area (Å²) in [4.78, 5) is 30.4. The van der Waals surface area contributed by atoms with Crippen molar-refractivity contribution in [2.24, 2.45) is 5.41 Å². The molecule has 3 heterocycles. The standard InChI is InChI=1S/C26H39N3O3/c30-24(11-18-28-16-6-7-17-28)29-19-13-26(14-20-29)12-5-1-2-8-22-9-3-4-10-23(22)32-21-15-27-25(26)31/h3-4,9-10H,1-2,5-8,11-21H2,(H,27,31). The van der Waals surface area contributed by atoms with Crippen molar-refractivity contribution in [2.75, 3.05) is 45.9 Å². The zero-order valence-corrected chi connectivity index (χ0v) is 19.4. The van der Waals surface area contributed by atoms with Crippen LogP contribution < -0.4 is 10.1 Å². The van der Waals surface area contributed by atoms with E-state index in [9.17, 15) is 9.59 Å². The van der Waals surface area contributed by atoms with Crippen LogP contribution in [0.5, 0.6) is 5.75 Å². The Kier molecular flexibility index (Phi) is 8.06. The molecule has 6 heteroatoms. The summed E-state index contributed by atoms with van der Waals surface area (Å²) in [6.07, 6.45) is 9.88. The Hall–Kier alpha value is -2.08. The van der Waals surface area contributed by atoms with Gasteiger partial charge in [-0.25, -0.2) is 0 Å². The first-order chi connectivity index (χ1) is 15.7. The summed E-state index contributed by atoms with van der Waals surface area (Å²) < 4.78 is 5.97. The van der Waals surface area contributed by atoms with E-state index in [1.54, 1.807) is 0 Å². The molecule has 176 valence electrons. The summed E-state index contributed by atoms with van der Waals surface area (Å²) in [6, 6.07) is 8.24. The topological polar surface area (TPSA) is 61.9 Å². The third-order valence-electron chi connectivity index (χ3n) is 7.61. The van der Waals surface area contributed by atoms with Gasteiger partial charge in [0.2, 0.25) is 11.8 Å². The first-order valence-electron chi connectivity index (χ1n) is 12.7. The monoisotopic (exact) mass is 441 g/mol. The fourth-order valence-corrected chi connectivity index (χ4v) is 5.51. The van der Waals surface area contributed by atoms with E-state index in [1.807, 2.05) is 17.0 Å². The number of benzene rings is 1. The molecule has 1 aromatic rings. The molecule has 4 rings (SSSR count). The quantitative estimate of drug-likeness (QED) is 0.781. The predicted octanol–water partition coefficient (Wildman–Crippen LogP) is 3.39. The van der Waals surface area contributed by atoms with Crippen LogP contribution in [0.25, 0.3) is 0 Å². The molecule has 0 saturated carbocycles. The molecule has 0 atom stereocenters. The van der Waals surface area contributed by atoms with E-state index in [1.165, 1.54) is 18.4 Å². The third kappa shape index (κ3) is 5.83. The second-order valence-corrected chi connectivity index (χ2v) is 9.73. The Balaban J connectivity index is 1.31. The van der Waals surface area contributed by atoms with Gasteiger partial charge in [0.1, 0.15) is 12.4 Å². The van der Waals surface area contributed by atoms with Crippen LogP contribution in [0.4, 0.5) is 0 Å². The molecular weight excluding hydrogens is 402 g/mol. The molecule has 0 aliphatic carbocycles. The van der Waals surface area contributed by atoms with Crippen LogP contribution in [-0.4, -0.2) is 67.5 Å². The number of rotatable bonds is 3. The number of likely N-dealkylation sites (tertiary alicyclic amines) is 2. The van der Waals surface area contributed by atoms with Gasteiger partial charge in [-0.1, -0.05) is 31.0 Å². The number of amides is 2. The van der Waals surface area contributed by atoms with E-state index < -0.39 is 0 Å². The lowest BCUT2D eigenvalue weighted by molar-refractivity contribution is -0.141. The highest BCUT2D eigenvalue weighted by Gasteiger charge is 2.41. The highest BCUT2D eigenvalue weighted by molar-refractivity contribution is 5.83. The van der Waals surface area contributed by atoms with Crippen LogP contribution in [0, 0.1) is 5.41 Å². The lowest BCUT2D eigenvalue weighted by Crippen LogP contribution is -2.51. The van der Waals surface area contributed by atoms with Gasteiger partial charge in [-0.3, -0.25) is 9.59 Å². The summed E-state index contributed by atoms with van der Waals surface area (Å²) >= 11 is 0. The number of hydrogen-bond donors (Lipinski definition) is 1. The first-order valence-corrected chi connectivity index (χ1v) is 12.7. The van der Waals surface area contributed by atoms with Crippen molar-refractivity contribution in [1.29, 1.82) is 0 Å². The molecule has 1 aromatic carbocycles. The number of aryl methyl sites for hydroxylation is 1. The van der Waals surface area contributed by atoms with E-state index >= 15 is 0 Å². The Morgan fingerprint density at radius 1 is 0.969 bits per heavy atom. The molecule has 1 N–H and O–H groups in total. The van der Waals surface area contributed by atoms with Crippen molar-refractivity contribution < 1.29 is 14.3 Å². The number of nitrogens with one attached hydrogen (secondary N) is 1. The molecule has 0 unspecified atom stereocenters. The SMILES string of the molecule is O=C(CCN1CCCC1)N1CCC2(CCCCCc3ccccc3OCCNC2=O)CC1. The number of ether oxygens (including phenoxy) is 1. The molecule has 0 aromatic heterocycles. The highest BCUT2D eigenvalue weighted by Crippen LogP contribution is 2.37. The second-order valence-electron chi connectivity index (χ2n) is 9.73. The zero-order valence-electron chi connectivity index (χ0n) is 19.4. The molecule has 2 fully saturated rings. The van der Waals surface area contributed by atoms with Gasteiger partial charge in [-0.2, -0.15) is 0 Å². The van der Waals surface area contributed by atoms with Crippen LogP contribution in [0.2, 0.25) is 0 Å². The summed E-state index contributed by atoms with van der Waals surface area (Å²) in [7, 11) is 0. The number of piperidine rings is 1.